The van der Waals surface area contributed by atoms with Crippen LogP contribution in [0.15, 0.2) is 52.7 Å². The number of guanidine groups is 1. The Hall–Kier alpha value is -3.26. The van der Waals surface area contributed by atoms with Gasteiger partial charge >= 0.3 is 0 Å². The van der Waals surface area contributed by atoms with Crippen molar-refractivity contribution in [3.05, 3.63) is 59.2 Å². The van der Waals surface area contributed by atoms with E-state index in [9.17, 15) is 0 Å². The zero-order valence-corrected chi connectivity index (χ0v) is 14.2. The van der Waals surface area contributed by atoms with Gasteiger partial charge in [0.15, 0.2) is 11.5 Å². The molecule has 0 aliphatic rings. The second-order valence-corrected chi connectivity index (χ2v) is 5.26. The largest absolute Gasteiger partial charge is 0.493 e. The quantitative estimate of drug-likeness (QED) is 0.314. The molecule has 0 aliphatic carbocycles. The lowest BCUT2D eigenvalue weighted by molar-refractivity contribution is 0.284. The number of rotatable bonds is 6. The minimum absolute atomic E-state index is 0.110. The van der Waals surface area contributed by atoms with Gasteiger partial charge in [0.1, 0.15) is 6.61 Å². The highest BCUT2D eigenvalue weighted by Crippen LogP contribution is 2.28. The number of hydrazone groups is 2. The number of hydrogen-bond donors (Lipinski definition) is 3. The second kappa shape index (κ2) is 8.55. The van der Waals surface area contributed by atoms with Crippen LogP contribution in [-0.4, -0.2) is 24.4 Å². The Morgan fingerprint density at radius 3 is 2.52 bits per heavy atom. The van der Waals surface area contributed by atoms with Crippen molar-refractivity contribution in [2.75, 3.05) is 7.11 Å². The van der Waals surface area contributed by atoms with E-state index in [0.717, 1.165) is 16.2 Å². The minimum atomic E-state index is -0.110. The molecule has 0 radical (unpaired) electrons. The summed E-state index contributed by atoms with van der Waals surface area (Å²) in [7, 11) is 1.57. The van der Waals surface area contributed by atoms with Gasteiger partial charge in [-0.3, -0.25) is 0 Å². The van der Waals surface area contributed by atoms with Crippen LogP contribution in [0.4, 0.5) is 0 Å². The lowest BCUT2D eigenvalue weighted by Gasteiger charge is -2.12. The van der Waals surface area contributed by atoms with Crippen LogP contribution in [0, 0.1) is 6.92 Å². The third kappa shape index (κ3) is 5.11. The molecule has 0 aromatic heterocycles. The lowest BCUT2D eigenvalue weighted by Crippen LogP contribution is -2.39. The molecule has 2 aromatic carbocycles. The van der Waals surface area contributed by atoms with Crippen molar-refractivity contribution in [1.82, 2.24) is 5.12 Å². The summed E-state index contributed by atoms with van der Waals surface area (Å²) in [6.07, 6.45) is 1.50. The maximum absolute atomic E-state index is 5.83. The van der Waals surface area contributed by atoms with Crippen LogP contribution in [0.2, 0.25) is 0 Å². The summed E-state index contributed by atoms with van der Waals surface area (Å²) in [6.45, 7) is 2.49. The van der Waals surface area contributed by atoms with Crippen molar-refractivity contribution in [3.63, 3.8) is 0 Å². The monoisotopic (exact) mass is 342 g/mol. The van der Waals surface area contributed by atoms with E-state index < -0.39 is 0 Å². The van der Waals surface area contributed by atoms with Crippen molar-refractivity contribution in [2.24, 2.45) is 27.6 Å². The molecule has 0 heterocycles. The molecule has 0 aliphatic heterocycles. The number of benzene rings is 2. The average Bonchev–Trinajstić information content (AvgIpc) is 2.65. The normalized spacial score (nSPS) is 11.6. The van der Waals surface area contributed by atoms with Crippen LogP contribution >= 0.6 is 0 Å². The summed E-state index contributed by atoms with van der Waals surface area (Å²) in [5.74, 6) is 11.7. The molecule has 8 nitrogen and oxygen atoms in total. The fourth-order valence-electron chi connectivity index (χ4n) is 1.98. The predicted octanol–water partition coefficient (Wildman–Crippen LogP) is 1.28. The highest BCUT2D eigenvalue weighted by Gasteiger charge is 2.06. The Kier molecular flexibility index (Phi) is 6.19. The van der Waals surface area contributed by atoms with Gasteiger partial charge in [-0.2, -0.15) is 10.2 Å². The lowest BCUT2D eigenvalue weighted by atomic mass is 10.2. The SMILES string of the molecule is COc1cc(/C=N/N(N)/C(N)=N\N)ccc1OCc1ccc(C)cc1. The standard InChI is InChI=1S/C17H22N6O2/c1-12-3-5-13(6-4-12)11-25-15-8-7-14(9-16(15)24-2)10-21-23(20)17(18)22-19/h3-10H,11,19-20H2,1-2H3,(H2,18,22)/b21-10+. The number of hydrazine groups is 1. The number of nitrogens with two attached hydrogens (primary N) is 3. The Balaban J connectivity index is 2.08. The Bertz CT molecular complexity index is 758. The predicted molar refractivity (Wildman–Crippen MR) is 97.9 cm³/mol. The molecule has 0 amide bonds. The zero-order valence-electron chi connectivity index (χ0n) is 14.2. The van der Waals surface area contributed by atoms with Crippen molar-refractivity contribution in [3.8, 4) is 11.5 Å². The number of hydrogen-bond acceptors (Lipinski definition) is 6. The Morgan fingerprint density at radius 2 is 1.88 bits per heavy atom. The molecule has 0 bridgehead atoms. The molecule has 2 aromatic rings. The topological polar surface area (TPSA) is 124 Å². The Labute approximate surface area is 146 Å². The zero-order chi connectivity index (χ0) is 18.2. The maximum atomic E-state index is 5.83. The van der Waals surface area contributed by atoms with Crippen molar-refractivity contribution < 1.29 is 9.47 Å². The van der Waals surface area contributed by atoms with Gasteiger partial charge in [-0.05, 0) is 36.2 Å². The van der Waals surface area contributed by atoms with Gasteiger partial charge in [0.05, 0.1) is 13.3 Å². The number of ether oxygens (including phenoxy) is 2. The summed E-state index contributed by atoms with van der Waals surface area (Å²) in [5, 5.41) is 8.04. The van der Waals surface area contributed by atoms with E-state index in [0.29, 0.717) is 18.1 Å². The van der Waals surface area contributed by atoms with E-state index in [4.69, 9.17) is 26.9 Å². The van der Waals surface area contributed by atoms with Gasteiger partial charge in [0.25, 0.3) is 0 Å². The second-order valence-electron chi connectivity index (χ2n) is 5.26. The van der Waals surface area contributed by atoms with Crippen LogP contribution in [0.3, 0.4) is 0 Å². The fraction of sp³-hybridized carbons (Fsp3) is 0.176. The molecule has 0 atom stereocenters. The van der Waals surface area contributed by atoms with Crippen molar-refractivity contribution in [1.29, 1.82) is 0 Å². The van der Waals surface area contributed by atoms with Gasteiger partial charge in [-0.1, -0.05) is 29.8 Å². The van der Waals surface area contributed by atoms with E-state index in [1.165, 1.54) is 11.8 Å². The van der Waals surface area contributed by atoms with Gasteiger partial charge in [0.2, 0.25) is 5.96 Å². The molecule has 0 saturated heterocycles. The van der Waals surface area contributed by atoms with Gasteiger partial charge in [-0.25, -0.2) is 5.84 Å². The fourth-order valence-corrected chi connectivity index (χ4v) is 1.98. The smallest absolute Gasteiger partial charge is 0.249 e. The van der Waals surface area contributed by atoms with Crippen LogP contribution < -0.4 is 26.9 Å². The molecule has 2 rings (SSSR count). The first-order valence-electron chi connectivity index (χ1n) is 7.52. The van der Waals surface area contributed by atoms with E-state index in [1.807, 2.05) is 37.3 Å². The average molecular weight is 342 g/mol. The van der Waals surface area contributed by atoms with Gasteiger partial charge in [-0.15, -0.1) is 5.10 Å². The molecule has 132 valence electrons. The first-order chi connectivity index (χ1) is 12.0. The molecular weight excluding hydrogens is 320 g/mol. The minimum Gasteiger partial charge on any atom is -0.493 e. The van der Waals surface area contributed by atoms with E-state index in [2.05, 4.69) is 10.2 Å². The van der Waals surface area contributed by atoms with Crippen molar-refractivity contribution in [2.45, 2.75) is 13.5 Å². The number of aryl methyl sites for hydroxylation is 1. The van der Waals surface area contributed by atoms with Gasteiger partial charge < -0.3 is 21.1 Å². The third-order valence-electron chi connectivity index (χ3n) is 3.40. The van der Waals surface area contributed by atoms with Crippen molar-refractivity contribution >= 4 is 12.2 Å². The Morgan fingerprint density at radius 1 is 1.16 bits per heavy atom. The molecule has 8 heteroatoms. The number of methoxy groups -OCH3 is 1. The van der Waals surface area contributed by atoms with Gasteiger partial charge in [0, 0.05) is 0 Å². The summed E-state index contributed by atoms with van der Waals surface area (Å²) >= 11 is 0. The van der Waals surface area contributed by atoms with E-state index in [1.54, 1.807) is 19.2 Å². The molecule has 6 N–H and O–H groups in total. The molecule has 25 heavy (non-hydrogen) atoms. The summed E-state index contributed by atoms with van der Waals surface area (Å²) in [5.41, 5.74) is 8.47. The van der Waals surface area contributed by atoms with Crippen LogP contribution in [0.25, 0.3) is 0 Å². The molecule has 0 saturated carbocycles. The molecular formula is C17H22N6O2. The van der Waals surface area contributed by atoms with Crippen LogP contribution in [0.1, 0.15) is 16.7 Å². The highest BCUT2D eigenvalue weighted by molar-refractivity contribution is 5.83. The summed E-state index contributed by atoms with van der Waals surface area (Å²) in [4.78, 5) is 0. The van der Waals surface area contributed by atoms with Crippen LogP contribution in [0.5, 0.6) is 11.5 Å². The third-order valence-corrected chi connectivity index (χ3v) is 3.40. The van der Waals surface area contributed by atoms with E-state index in [-0.39, 0.29) is 5.96 Å². The first-order valence-corrected chi connectivity index (χ1v) is 7.52. The summed E-state index contributed by atoms with van der Waals surface area (Å²) < 4.78 is 11.2. The molecule has 0 unspecified atom stereocenters. The number of nitrogens with zero attached hydrogens (tertiary/aromatic N) is 3. The molecule has 0 spiro atoms. The van der Waals surface area contributed by atoms with Crippen LogP contribution in [-0.2, 0) is 6.61 Å². The maximum Gasteiger partial charge on any atom is 0.249 e. The summed E-state index contributed by atoms with van der Waals surface area (Å²) in [6, 6.07) is 13.5. The first kappa shape index (κ1) is 18.1. The highest BCUT2D eigenvalue weighted by atomic mass is 16.5. The van der Waals surface area contributed by atoms with E-state index >= 15 is 0 Å². The molecule has 0 fully saturated rings.